The summed E-state index contributed by atoms with van der Waals surface area (Å²) in [6.07, 6.45) is 0.905. The zero-order valence-corrected chi connectivity index (χ0v) is 11.3. The van der Waals surface area contributed by atoms with Crippen LogP contribution in [0.5, 0.6) is 0 Å². The van der Waals surface area contributed by atoms with Crippen LogP contribution in [0.1, 0.15) is 41.0 Å². The molecular weight excluding hydrogens is 206 g/mol. The summed E-state index contributed by atoms with van der Waals surface area (Å²) in [7, 11) is 1.39. The molecule has 0 heterocycles. The van der Waals surface area contributed by atoms with Gasteiger partial charge in [-0.1, -0.05) is 20.8 Å². The first kappa shape index (κ1) is 15.4. The Morgan fingerprint density at radius 3 is 2.31 bits per heavy atom. The first-order chi connectivity index (χ1) is 7.32. The van der Waals surface area contributed by atoms with Crippen molar-refractivity contribution in [2.75, 3.05) is 13.7 Å². The van der Waals surface area contributed by atoms with Crippen molar-refractivity contribution in [3.05, 3.63) is 0 Å². The molecule has 0 aromatic rings. The van der Waals surface area contributed by atoms with Crippen LogP contribution in [0.2, 0.25) is 0 Å². The average Bonchev–Trinajstić information content (AvgIpc) is 2.22. The Bertz CT molecular complexity index is 214. The van der Waals surface area contributed by atoms with Crippen molar-refractivity contribution in [1.82, 2.24) is 5.32 Å². The summed E-state index contributed by atoms with van der Waals surface area (Å²) >= 11 is 0. The lowest BCUT2D eigenvalue weighted by Gasteiger charge is -2.27. The summed E-state index contributed by atoms with van der Waals surface area (Å²) in [4.78, 5) is 11.5. The average molecular weight is 231 g/mol. The van der Waals surface area contributed by atoms with Crippen LogP contribution in [0.15, 0.2) is 0 Å². The number of hydrogen-bond acceptors (Lipinski definition) is 4. The molecular formula is C12H25NO3. The van der Waals surface area contributed by atoms with Crippen LogP contribution in [0.4, 0.5) is 0 Å². The summed E-state index contributed by atoms with van der Waals surface area (Å²) in [5.74, 6) is -0.277. The van der Waals surface area contributed by atoms with Crippen molar-refractivity contribution in [2.45, 2.75) is 58.7 Å². The maximum Gasteiger partial charge on any atom is 0.325 e. The highest BCUT2D eigenvalue weighted by atomic mass is 16.5. The number of ether oxygens (including phenoxy) is 2. The van der Waals surface area contributed by atoms with Crippen molar-refractivity contribution in [3.8, 4) is 0 Å². The third kappa shape index (κ3) is 6.08. The number of methoxy groups -OCH3 is 1. The zero-order chi connectivity index (χ0) is 12.8. The van der Waals surface area contributed by atoms with E-state index in [2.05, 4.69) is 12.2 Å². The van der Waals surface area contributed by atoms with E-state index in [0.29, 0.717) is 6.61 Å². The Balaban J connectivity index is 4.27. The molecule has 96 valence electrons. The minimum Gasteiger partial charge on any atom is -0.468 e. The second-order valence-corrected chi connectivity index (χ2v) is 4.82. The van der Waals surface area contributed by atoms with Gasteiger partial charge in [0.2, 0.25) is 0 Å². The molecule has 16 heavy (non-hydrogen) atoms. The minimum absolute atomic E-state index is 0.203. The van der Waals surface area contributed by atoms with E-state index in [1.165, 1.54) is 7.11 Å². The maximum atomic E-state index is 11.5. The Morgan fingerprint density at radius 2 is 1.94 bits per heavy atom. The van der Waals surface area contributed by atoms with Gasteiger partial charge in [0.05, 0.1) is 19.3 Å². The molecule has 1 unspecified atom stereocenters. The SMILES string of the molecule is CCC(C)(C)OCC(NC(C)C)C(=O)OC. The van der Waals surface area contributed by atoms with Gasteiger partial charge in [-0.3, -0.25) is 4.79 Å². The van der Waals surface area contributed by atoms with Gasteiger partial charge in [0.1, 0.15) is 6.04 Å². The summed E-state index contributed by atoms with van der Waals surface area (Å²) in [6.45, 7) is 10.4. The molecule has 0 saturated carbocycles. The highest BCUT2D eigenvalue weighted by Gasteiger charge is 2.24. The maximum absolute atomic E-state index is 11.5. The third-order valence-corrected chi connectivity index (χ3v) is 2.51. The smallest absolute Gasteiger partial charge is 0.325 e. The van der Waals surface area contributed by atoms with Gasteiger partial charge in [0.25, 0.3) is 0 Å². The highest BCUT2D eigenvalue weighted by Crippen LogP contribution is 2.13. The van der Waals surface area contributed by atoms with Gasteiger partial charge in [0.15, 0.2) is 0 Å². The van der Waals surface area contributed by atoms with Crippen LogP contribution in [0.25, 0.3) is 0 Å². The molecule has 0 saturated heterocycles. The van der Waals surface area contributed by atoms with Gasteiger partial charge in [-0.25, -0.2) is 0 Å². The predicted octanol–water partition coefficient (Wildman–Crippen LogP) is 1.73. The molecule has 0 aromatic carbocycles. The van der Waals surface area contributed by atoms with Crippen molar-refractivity contribution < 1.29 is 14.3 Å². The van der Waals surface area contributed by atoms with Gasteiger partial charge in [0, 0.05) is 6.04 Å². The molecule has 0 fully saturated rings. The number of esters is 1. The van der Waals surface area contributed by atoms with Gasteiger partial charge in [-0.2, -0.15) is 0 Å². The molecule has 0 aliphatic rings. The van der Waals surface area contributed by atoms with E-state index in [1.54, 1.807) is 0 Å². The van der Waals surface area contributed by atoms with Crippen LogP contribution in [-0.2, 0) is 14.3 Å². The number of rotatable bonds is 7. The fraction of sp³-hybridized carbons (Fsp3) is 0.917. The van der Waals surface area contributed by atoms with Crippen LogP contribution in [-0.4, -0.2) is 37.4 Å². The topological polar surface area (TPSA) is 47.6 Å². The van der Waals surface area contributed by atoms with E-state index in [1.807, 2.05) is 27.7 Å². The monoisotopic (exact) mass is 231 g/mol. The zero-order valence-electron chi connectivity index (χ0n) is 11.3. The van der Waals surface area contributed by atoms with Gasteiger partial charge < -0.3 is 14.8 Å². The number of carbonyl (C=O) groups excluding carboxylic acids is 1. The van der Waals surface area contributed by atoms with E-state index >= 15 is 0 Å². The summed E-state index contributed by atoms with van der Waals surface area (Å²) in [5.41, 5.74) is -0.203. The fourth-order valence-electron chi connectivity index (χ4n) is 1.14. The quantitative estimate of drug-likeness (QED) is 0.678. The van der Waals surface area contributed by atoms with Crippen molar-refractivity contribution in [1.29, 1.82) is 0 Å². The summed E-state index contributed by atoms with van der Waals surface area (Å²) in [5, 5.41) is 3.13. The summed E-state index contributed by atoms with van der Waals surface area (Å²) in [6, 6.07) is -0.173. The minimum atomic E-state index is -0.393. The molecule has 1 atom stereocenters. The molecule has 4 heteroatoms. The first-order valence-electron chi connectivity index (χ1n) is 5.80. The molecule has 0 aromatic heterocycles. The fourth-order valence-corrected chi connectivity index (χ4v) is 1.14. The van der Waals surface area contributed by atoms with Crippen LogP contribution >= 0.6 is 0 Å². The van der Waals surface area contributed by atoms with E-state index in [0.717, 1.165) is 6.42 Å². The molecule has 0 bridgehead atoms. The standard InChI is InChI=1S/C12H25NO3/c1-7-12(4,5)16-8-10(11(14)15-6)13-9(2)3/h9-10,13H,7-8H2,1-6H3. The molecule has 0 aliphatic carbocycles. The molecule has 0 spiro atoms. The van der Waals surface area contributed by atoms with Gasteiger partial charge in [-0.05, 0) is 20.3 Å². The van der Waals surface area contributed by atoms with E-state index in [9.17, 15) is 4.79 Å². The summed E-state index contributed by atoms with van der Waals surface area (Å²) < 4.78 is 10.4. The van der Waals surface area contributed by atoms with Crippen LogP contribution < -0.4 is 5.32 Å². The Morgan fingerprint density at radius 1 is 1.38 bits per heavy atom. The van der Waals surface area contributed by atoms with E-state index < -0.39 is 6.04 Å². The van der Waals surface area contributed by atoms with Gasteiger partial charge in [-0.15, -0.1) is 0 Å². The molecule has 0 aliphatic heterocycles. The highest BCUT2D eigenvalue weighted by molar-refractivity contribution is 5.75. The molecule has 4 nitrogen and oxygen atoms in total. The number of nitrogens with one attached hydrogen (secondary N) is 1. The number of carbonyl (C=O) groups is 1. The number of hydrogen-bond donors (Lipinski definition) is 1. The second kappa shape index (κ2) is 6.86. The molecule has 0 rings (SSSR count). The first-order valence-corrected chi connectivity index (χ1v) is 5.80. The largest absolute Gasteiger partial charge is 0.468 e. The third-order valence-electron chi connectivity index (χ3n) is 2.51. The molecule has 0 amide bonds. The van der Waals surface area contributed by atoms with Crippen molar-refractivity contribution in [3.63, 3.8) is 0 Å². The second-order valence-electron chi connectivity index (χ2n) is 4.82. The van der Waals surface area contributed by atoms with Gasteiger partial charge >= 0.3 is 5.97 Å². The lowest BCUT2D eigenvalue weighted by Crippen LogP contribution is -2.46. The van der Waals surface area contributed by atoms with E-state index in [4.69, 9.17) is 9.47 Å². The molecule has 1 N–H and O–H groups in total. The Hall–Kier alpha value is -0.610. The van der Waals surface area contributed by atoms with Crippen molar-refractivity contribution >= 4 is 5.97 Å². The van der Waals surface area contributed by atoms with Crippen LogP contribution in [0.3, 0.4) is 0 Å². The van der Waals surface area contributed by atoms with E-state index in [-0.39, 0.29) is 17.6 Å². The normalized spacial score (nSPS) is 13.9. The Labute approximate surface area is 98.7 Å². The van der Waals surface area contributed by atoms with Crippen LogP contribution in [0, 0.1) is 0 Å². The lowest BCUT2D eigenvalue weighted by atomic mass is 10.1. The molecule has 0 radical (unpaired) electrons. The Kier molecular flexibility index (Phi) is 6.60. The predicted molar refractivity (Wildman–Crippen MR) is 64.4 cm³/mol. The van der Waals surface area contributed by atoms with Crippen molar-refractivity contribution in [2.24, 2.45) is 0 Å². The lowest BCUT2D eigenvalue weighted by molar-refractivity contribution is -0.147.